The second-order valence-corrected chi connectivity index (χ2v) is 9.02. The fraction of sp³-hybridized carbons (Fsp3) is 0.333. The van der Waals surface area contributed by atoms with Crippen LogP contribution in [0.2, 0.25) is 0 Å². The van der Waals surface area contributed by atoms with Crippen molar-refractivity contribution < 1.29 is 28.5 Å². The van der Waals surface area contributed by atoms with Crippen molar-refractivity contribution in [1.82, 2.24) is 19.5 Å². The van der Waals surface area contributed by atoms with E-state index < -0.39 is 11.9 Å². The lowest BCUT2D eigenvalue weighted by Gasteiger charge is -2.25. The van der Waals surface area contributed by atoms with Gasteiger partial charge >= 0.3 is 0 Å². The fourth-order valence-corrected chi connectivity index (χ4v) is 4.89. The van der Waals surface area contributed by atoms with Crippen LogP contribution < -0.4 is 39.6 Å². The average molecular weight is 550 g/mol. The summed E-state index contributed by atoms with van der Waals surface area (Å²) in [6.07, 6.45) is 4.89. The van der Waals surface area contributed by atoms with Crippen molar-refractivity contribution in [2.24, 2.45) is 5.73 Å². The van der Waals surface area contributed by atoms with Gasteiger partial charge in [0.05, 0.1) is 52.9 Å². The van der Waals surface area contributed by atoms with Crippen molar-refractivity contribution in [3.63, 3.8) is 0 Å². The second kappa shape index (κ2) is 11.0. The molecule has 210 valence electrons. The molecule has 13 nitrogen and oxygen atoms in total. The summed E-state index contributed by atoms with van der Waals surface area (Å²) >= 11 is 0. The molecule has 1 unspecified atom stereocenters. The Morgan fingerprint density at radius 1 is 0.925 bits per heavy atom. The molecule has 0 radical (unpaired) electrons. The van der Waals surface area contributed by atoms with Crippen molar-refractivity contribution in [1.29, 1.82) is 0 Å². The molecule has 0 aliphatic carbocycles. The number of imidazole rings is 1. The number of hydrogen-bond donors (Lipinski definition) is 2. The number of nitrogens with two attached hydrogens (primary N) is 1. The predicted octanol–water partition coefficient (Wildman–Crippen LogP) is 3.06. The monoisotopic (exact) mass is 549 g/mol. The number of primary amides is 1. The Hall–Kier alpha value is -4.94. The minimum absolute atomic E-state index is 0.292. The highest BCUT2D eigenvalue weighted by Gasteiger charge is 2.32. The lowest BCUT2D eigenvalue weighted by molar-refractivity contribution is -0.119. The molecule has 1 fully saturated rings. The Bertz CT molecular complexity index is 1530. The molecule has 13 heteroatoms. The van der Waals surface area contributed by atoms with E-state index in [9.17, 15) is 4.79 Å². The third kappa shape index (κ3) is 4.81. The summed E-state index contributed by atoms with van der Waals surface area (Å²) in [6, 6.07) is 6.73. The van der Waals surface area contributed by atoms with Crippen LogP contribution in [0.5, 0.6) is 28.7 Å². The van der Waals surface area contributed by atoms with Gasteiger partial charge in [0.1, 0.15) is 18.2 Å². The molecule has 1 saturated heterocycles. The number of nitrogens with zero attached hydrogens (tertiary/aromatic N) is 5. The maximum absolute atomic E-state index is 12.2. The Balaban J connectivity index is 1.55. The van der Waals surface area contributed by atoms with Crippen LogP contribution >= 0.6 is 0 Å². The predicted molar refractivity (Wildman–Crippen MR) is 149 cm³/mol. The van der Waals surface area contributed by atoms with E-state index in [0.717, 1.165) is 12.1 Å². The lowest BCUT2D eigenvalue weighted by atomic mass is 10.1. The maximum atomic E-state index is 12.2. The van der Waals surface area contributed by atoms with Crippen molar-refractivity contribution in [3.05, 3.63) is 36.8 Å². The van der Waals surface area contributed by atoms with Crippen molar-refractivity contribution >= 4 is 34.4 Å². The van der Waals surface area contributed by atoms with Gasteiger partial charge in [-0.1, -0.05) is 0 Å². The van der Waals surface area contributed by atoms with E-state index in [4.69, 9.17) is 39.4 Å². The van der Waals surface area contributed by atoms with Crippen LogP contribution in [-0.4, -0.2) is 73.6 Å². The number of amides is 1. The highest BCUT2D eigenvalue weighted by atomic mass is 16.5. The highest BCUT2D eigenvalue weighted by molar-refractivity contribution is 5.95. The van der Waals surface area contributed by atoms with Crippen LogP contribution in [0.15, 0.2) is 36.8 Å². The molecule has 1 aliphatic heterocycles. The van der Waals surface area contributed by atoms with Gasteiger partial charge < -0.3 is 44.2 Å². The molecule has 3 N–H and O–H groups in total. The standard InChI is InChI=1S/C27H31N7O6/c1-36-19-11-16-17(12-20(19)37-2)30-27(32-26(16)34-8-6-7-18(34)25(28)35)31-23-13-33(14-29-23)15-9-21(38-3)24(40-5)22(10-15)39-4/h9-14,18H,6-8H2,1-5H3,(H2,28,35)(H,30,31,32). The first-order chi connectivity index (χ1) is 19.4. The topological polar surface area (TPSA) is 148 Å². The Labute approximate surface area is 230 Å². The Kier molecular flexibility index (Phi) is 7.36. The number of hydrogen-bond acceptors (Lipinski definition) is 11. The molecular weight excluding hydrogens is 518 g/mol. The zero-order chi connectivity index (χ0) is 28.4. The third-order valence-corrected chi connectivity index (χ3v) is 6.80. The molecule has 1 amide bonds. The number of methoxy groups -OCH3 is 5. The fourth-order valence-electron chi connectivity index (χ4n) is 4.89. The maximum Gasteiger partial charge on any atom is 0.240 e. The van der Waals surface area contributed by atoms with Crippen LogP contribution in [0.1, 0.15) is 12.8 Å². The molecule has 4 aromatic rings. The molecule has 2 aromatic carbocycles. The van der Waals surface area contributed by atoms with E-state index in [0.29, 0.717) is 70.2 Å². The van der Waals surface area contributed by atoms with Gasteiger partial charge in [-0.15, -0.1) is 0 Å². The van der Waals surface area contributed by atoms with Gasteiger partial charge in [0.2, 0.25) is 17.6 Å². The van der Waals surface area contributed by atoms with E-state index >= 15 is 0 Å². The number of carbonyl (C=O) groups excluding carboxylic acids is 1. The van der Waals surface area contributed by atoms with Crippen LogP contribution in [0.25, 0.3) is 16.6 Å². The van der Waals surface area contributed by atoms with Gasteiger partial charge in [-0.25, -0.2) is 9.97 Å². The number of anilines is 3. The van der Waals surface area contributed by atoms with Crippen LogP contribution in [-0.2, 0) is 4.79 Å². The van der Waals surface area contributed by atoms with Gasteiger partial charge in [0, 0.05) is 30.1 Å². The number of fused-ring (bicyclic) bond motifs is 1. The van der Waals surface area contributed by atoms with Crippen LogP contribution in [0, 0.1) is 0 Å². The molecule has 0 spiro atoms. The average Bonchev–Trinajstić information content (AvgIpc) is 3.65. The summed E-state index contributed by atoms with van der Waals surface area (Å²) in [6.45, 7) is 0.628. The van der Waals surface area contributed by atoms with E-state index in [2.05, 4.69) is 10.3 Å². The molecule has 5 rings (SSSR count). The third-order valence-electron chi connectivity index (χ3n) is 6.80. The van der Waals surface area contributed by atoms with Crippen LogP contribution in [0.3, 0.4) is 0 Å². The number of aromatic nitrogens is 4. The lowest BCUT2D eigenvalue weighted by Crippen LogP contribution is -2.41. The smallest absolute Gasteiger partial charge is 0.240 e. The molecule has 0 saturated carbocycles. The minimum Gasteiger partial charge on any atom is -0.493 e. The molecule has 0 bridgehead atoms. The number of rotatable bonds is 10. The summed E-state index contributed by atoms with van der Waals surface area (Å²) in [5.41, 5.74) is 7.07. The number of ether oxygens (including phenoxy) is 5. The zero-order valence-corrected chi connectivity index (χ0v) is 22.9. The van der Waals surface area contributed by atoms with Gasteiger partial charge in [0.25, 0.3) is 0 Å². The SMILES string of the molecule is COc1cc2nc(Nc3cn(-c4cc(OC)c(OC)c(OC)c4)cn3)nc(N3CCCC3C(N)=O)c2cc1OC. The first kappa shape index (κ1) is 26.7. The van der Waals surface area contributed by atoms with Gasteiger partial charge in [-0.2, -0.15) is 4.98 Å². The van der Waals surface area contributed by atoms with E-state index in [1.165, 1.54) is 0 Å². The first-order valence-electron chi connectivity index (χ1n) is 12.5. The van der Waals surface area contributed by atoms with Gasteiger partial charge in [0.15, 0.2) is 28.8 Å². The zero-order valence-electron chi connectivity index (χ0n) is 22.9. The number of nitrogens with one attached hydrogen (secondary N) is 1. The second-order valence-electron chi connectivity index (χ2n) is 9.02. The molecular formula is C27H31N7O6. The summed E-state index contributed by atoms with van der Waals surface area (Å²) in [4.78, 5) is 28.1. The molecule has 40 heavy (non-hydrogen) atoms. The summed E-state index contributed by atoms with van der Waals surface area (Å²) in [5.74, 6) is 3.52. The Morgan fingerprint density at radius 3 is 2.23 bits per heavy atom. The first-order valence-corrected chi connectivity index (χ1v) is 12.5. The van der Waals surface area contributed by atoms with E-state index in [1.54, 1.807) is 58.7 Å². The molecule has 2 aromatic heterocycles. The number of benzene rings is 2. The molecule has 3 heterocycles. The summed E-state index contributed by atoms with van der Waals surface area (Å²) in [5, 5.41) is 3.89. The molecule has 1 aliphatic rings. The van der Waals surface area contributed by atoms with Crippen LogP contribution in [0.4, 0.5) is 17.6 Å². The minimum atomic E-state index is -0.474. The quantitative estimate of drug-likeness (QED) is 0.301. The van der Waals surface area contributed by atoms with Crippen molar-refractivity contribution in [3.8, 4) is 34.4 Å². The van der Waals surface area contributed by atoms with E-state index in [-0.39, 0.29) is 0 Å². The number of carbonyl (C=O) groups is 1. The van der Waals surface area contributed by atoms with Gasteiger partial charge in [-0.3, -0.25) is 4.79 Å². The normalized spacial score (nSPS) is 14.7. The van der Waals surface area contributed by atoms with Crippen molar-refractivity contribution in [2.75, 3.05) is 52.3 Å². The van der Waals surface area contributed by atoms with Gasteiger partial charge in [-0.05, 0) is 18.9 Å². The Morgan fingerprint density at radius 2 is 1.60 bits per heavy atom. The highest BCUT2D eigenvalue weighted by Crippen LogP contribution is 2.40. The largest absolute Gasteiger partial charge is 0.493 e. The summed E-state index contributed by atoms with van der Waals surface area (Å²) in [7, 11) is 7.79. The van der Waals surface area contributed by atoms with E-state index in [1.807, 2.05) is 23.1 Å². The summed E-state index contributed by atoms with van der Waals surface area (Å²) < 4.78 is 29.2. The molecule has 1 atom stereocenters. The van der Waals surface area contributed by atoms with Crippen molar-refractivity contribution in [2.45, 2.75) is 18.9 Å².